The maximum atomic E-state index is 11.6. The van der Waals surface area contributed by atoms with Crippen molar-refractivity contribution < 1.29 is 9.90 Å². The van der Waals surface area contributed by atoms with Crippen LogP contribution >= 0.6 is 15.9 Å². The number of amides is 1. The van der Waals surface area contributed by atoms with Gasteiger partial charge in [-0.25, -0.2) is 4.79 Å². The number of carbonyl (C=O) groups is 1. The van der Waals surface area contributed by atoms with Crippen molar-refractivity contribution in [2.24, 2.45) is 11.3 Å². The van der Waals surface area contributed by atoms with Crippen LogP contribution in [0.4, 0.5) is 4.79 Å². The summed E-state index contributed by atoms with van der Waals surface area (Å²) in [5.74, 6) is 0.277. The molecule has 0 spiro atoms. The summed E-state index contributed by atoms with van der Waals surface area (Å²) in [6, 6.07) is 4.05. The van der Waals surface area contributed by atoms with Crippen LogP contribution in [0.25, 0.3) is 10.9 Å². The standard InChI is InChI=1S/C18H24BrN3O2/c1-11-13-10-21(20-15(13)6-5-14(11)19)9-12-7-8-22(17(23)24)16(12)18(2,3)4/h5-6,10,12,16H,7-9H2,1-4H3,(H,23,24). The van der Waals surface area contributed by atoms with Crippen LogP contribution in [0, 0.1) is 18.3 Å². The molecule has 2 aromatic rings. The number of rotatable bonds is 2. The Balaban J connectivity index is 1.90. The molecule has 0 saturated carbocycles. The summed E-state index contributed by atoms with van der Waals surface area (Å²) in [7, 11) is 0. The number of benzene rings is 1. The molecule has 1 aliphatic rings. The highest BCUT2D eigenvalue weighted by atomic mass is 79.9. The topological polar surface area (TPSA) is 58.4 Å². The van der Waals surface area contributed by atoms with E-state index in [0.29, 0.717) is 6.54 Å². The van der Waals surface area contributed by atoms with Crippen molar-refractivity contribution in [2.75, 3.05) is 6.54 Å². The summed E-state index contributed by atoms with van der Waals surface area (Å²) < 4.78 is 3.07. The molecule has 3 rings (SSSR count). The fraction of sp³-hybridized carbons (Fsp3) is 0.556. The molecule has 0 aliphatic carbocycles. The lowest BCUT2D eigenvalue weighted by Gasteiger charge is -2.37. The SMILES string of the molecule is Cc1c(Br)ccc2nn(CC3CCN(C(=O)O)C3C(C)(C)C)cc12. The number of carboxylic acid groups (broad SMARTS) is 1. The lowest BCUT2D eigenvalue weighted by molar-refractivity contribution is 0.0869. The van der Waals surface area contributed by atoms with E-state index in [-0.39, 0.29) is 17.4 Å². The average molecular weight is 394 g/mol. The number of hydrogen-bond donors (Lipinski definition) is 1. The molecule has 1 saturated heterocycles. The van der Waals surface area contributed by atoms with Crippen molar-refractivity contribution in [3.63, 3.8) is 0 Å². The van der Waals surface area contributed by atoms with Gasteiger partial charge in [0.1, 0.15) is 0 Å². The van der Waals surface area contributed by atoms with Gasteiger partial charge in [0, 0.05) is 41.1 Å². The molecular formula is C18H24BrN3O2. The summed E-state index contributed by atoms with van der Waals surface area (Å²) >= 11 is 3.56. The normalized spacial score (nSPS) is 21.6. The zero-order valence-corrected chi connectivity index (χ0v) is 16.2. The quantitative estimate of drug-likeness (QED) is 0.815. The van der Waals surface area contributed by atoms with Gasteiger partial charge < -0.3 is 10.0 Å². The molecule has 2 atom stereocenters. The van der Waals surface area contributed by atoms with Crippen molar-refractivity contribution in [1.82, 2.24) is 14.7 Å². The largest absolute Gasteiger partial charge is 0.465 e. The second-order valence-corrected chi connectivity index (χ2v) is 8.65. The molecule has 2 heterocycles. The highest BCUT2D eigenvalue weighted by Gasteiger charge is 2.44. The number of halogens is 1. The van der Waals surface area contributed by atoms with Crippen molar-refractivity contribution >= 4 is 32.9 Å². The van der Waals surface area contributed by atoms with E-state index in [9.17, 15) is 9.90 Å². The molecule has 1 aliphatic heterocycles. The van der Waals surface area contributed by atoms with Gasteiger partial charge in [-0.1, -0.05) is 36.7 Å². The zero-order chi connectivity index (χ0) is 17.6. The third-order valence-electron chi connectivity index (χ3n) is 5.02. The molecule has 6 heteroatoms. The van der Waals surface area contributed by atoms with Crippen molar-refractivity contribution in [2.45, 2.75) is 46.7 Å². The molecule has 0 radical (unpaired) electrons. The van der Waals surface area contributed by atoms with Crippen LogP contribution in [-0.2, 0) is 6.54 Å². The van der Waals surface area contributed by atoms with Crippen LogP contribution < -0.4 is 0 Å². The number of aromatic nitrogens is 2. The van der Waals surface area contributed by atoms with Gasteiger partial charge in [-0.15, -0.1) is 0 Å². The van der Waals surface area contributed by atoms with E-state index < -0.39 is 6.09 Å². The Morgan fingerprint density at radius 2 is 2.12 bits per heavy atom. The predicted molar refractivity (Wildman–Crippen MR) is 98.3 cm³/mol. The smallest absolute Gasteiger partial charge is 0.407 e. The summed E-state index contributed by atoms with van der Waals surface area (Å²) in [4.78, 5) is 13.2. The Labute approximate surface area is 150 Å². The summed E-state index contributed by atoms with van der Waals surface area (Å²) in [5.41, 5.74) is 2.08. The minimum absolute atomic E-state index is 0.00939. The van der Waals surface area contributed by atoms with Crippen molar-refractivity contribution in [3.05, 3.63) is 28.4 Å². The van der Waals surface area contributed by atoms with E-state index in [1.54, 1.807) is 4.90 Å². The fourth-order valence-corrected chi connectivity index (χ4v) is 4.37. The lowest BCUT2D eigenvalue weighted by Crippen LogP contribution is -2.46. The van der Waals surface area contributed by atoms with Crippen LogP contribution in [0.1, 0.15) is 32.8 Å². The van der Waals surface area contributed by atoms with Gasteiger partial charge in [-0.05, 0) is 36.5 Å². The Morgan fingerprint density at radius 1 is 1.42 bits per heavy atom. The van der Waals surface area contributed by atoms with E-state index in [2.05, 4.69) is 49.8 Å². The second kappa shape index (κ2) is 6.06. The maximum absolute atomic E-state index is 11.6. The predicted octanol–water partition coefficient (Wildman–Crippen LogP) is 4.52. The molecule has 1 fully saturated rings. The number of aryl methyl sites for hydroxylation is 1. The highest BCUT2D eigenvalue weighted by molar-refractivity contribution is 9.10. The van der Waals surface area contributed by atoms with Crippen LogP contribution in [0.2, 0.25) is 0 Å². The highest BCUT2D eigenvalue weighted by Crippen LogP contribution is 2.38. The maximum Gasteiger partial charge on any atom is 0.407 e. The molecule has 130 valence electrons. The first-order valence-electron chi connectivity index (χ1n) is 8.30. The van der Waals surface area contributed by atoms with Crippen LogP contribution in [0.5, 0.6) is 0 Å². The van der Waals surface area contributed by atoms with Crippen LogP contribution in [-0.4, -0.2) is 38.5 Å². The molecular weight excluding hydrogens is 370 g/mol. The number of likely N-dealkylation sites (tertiary alicyclic amines) is 1. The molecule has 2 unspecified atom stereocenters. The molecule has 1 amide bonds. The minimum atomic E-state index is -0.817. The fourth-order valence-electron chi connectivity index (χ4n) is 4.02. The van der Waals surface area contributed by atoms with Gasteiger partial charge in [0.15, 0.2) is 0 Å². The van der Waals surface area contributed by atoms with Gasteiger partial charge in [0.05, 0.1) is 5.52 Å². The third-order valence-corrected chi connectivity index (χ3v) is 5.88. The molecule has 1 aromatic carbocycles. The Morgan fingerprint density at radius 3 is 2.75 bits per heavy atom. The van der Waals surface area contributed by atoms with Gasteiger partial charge in [-0.2, -0.15) is 5.10 Å². The average Bonchev–Trinajstić information content (AvgIpc) is 3.07. The van der Waals surface area contributed by atoms with E-state index in [4.69, 9.17) is 5.10 Å². The molecule has 24 heavy (non-hydrogen) atoms. The van der Waals surface area contributed by atoms with Gasteiger partial charge >= 0.3 is 6.09 Å². The molecule has 1 N–H and O–H groups in total. The number of fused-ring (bicyclic) bond motifs is 1. The zero-order valence-electron chi connectivity index (χ0n) is 14.6. The van der Waals surface area contributed by atoms with E-state index in [1.165, 1.54) is 5.56 Å². The van der Waals surface area contributed by atoms with Crippen LogP contribution in [0.3, 0.4) is 0 Å². The van der Waals surface area contributed by atoms with Gasteiger partial charge in [0.2, 0.25) is 0 Å². The van der Waals surface area contributed by atoms with Gasteiger partial charge in [-0.3, -0.25) is 4.68 Å². The van der Waals surface area contributed by atoms with Gasteiger partial charge in [0.25, 0.3) is 0 Å². The third kappa shape index (κ3) is 3.04. The van der Waals surface area contributed by atoms with Crippen molar-refractivity contribution in [1.29, 1.82) is 0 Å². The Kier molecular flexibility index (Phi) is 4.36. The molecule has 5 nitrogen and oxygen atoms in total. The first kappa shape index (κ1) is 17.3. The number of nitrogens with zero attached hydrogens (tertiary/aromatic N) is 3. The molecule has 0 bridgehead atoms. The first-order valence-corrected chi connectivity index (χ1v) is 9.09. The second-order valence-electron chi connectivity index (χ2n) is 7.79. The van der Waals surface area contributed by atoms with E-state index in [1.807, 2.05) is 16.8 Å². The van der Waals surface area contributed by atoms with E-state index in [0.717, 1.165) is 28.3 Å². The van der Waals surface area contributed by atoms with Crippen LogP contribution in [0.15, 0.2) is 22.8 Å². The lowest BCUT2D eigenvalue weighted by atomic mass is 9.79. The first-order chi connectivity index (χ1) is 11.2. The van der Waals surface area contributed by atoms with Crippen molar-refractivity contribution in [3.8, 4) is 0 Å². The summed E-state index contributed by atoms with van der Waals surface area (Å²) in [5, 5.41) is 15.3. The minimum Gasteiger partial charge on any atom is -0.465 e. The monoisotopic (exact) mass is 393 g/mol. The Bertz CT molecular complexity index is 778. The summed E-state index contributed by atoms with van der Waals surface area (Å²) in [6.45, 7) is 9.79. The van der Waals surface area contributed by atoms with E-state index >= 15 is 0 Å². The number of hydrogen-bond acceptors (Lipinski definition) is 2. The Hall–Kier alpha value is -1.56. The summed E-state index contributed by atoms with van der Waals surface area (Å²) in [6.07, 6.45) is 2.15. The molecule has 1 aromatic heterocycles.